The van der Waals surface area contributed by atoms with E-state index < -0.39 is 6.10 Å². The predicted molar refractivity (Wildman–Crippen MR) is 78.9 cm³/mol. The van der Waals surface area contributed by atoms with Crippen LogP contribution in [0.15, 0.2) is 40.9 Å². The molecule has 0 bridgehead atoms. The van der Waals surface area contributed by atoms with E-state index in [0.717, 1.165) is 39.9 Å². The molecule has 0 radical (unpaired) electrons. The van der Waals surface area contributed by atoms with Crippen LogP contribution in [-0.4, -0.2) is 11.7 Å². The van der Waals surface area contributed by atoms with Gasteiger partial charge >= 0.3 is 0 Å². The lowest BCUT2D eigenvalue weighted by Gasteiger charge is -2.13. The summed E-state index contributed by atoms with van der Waals surface area (Å²) in [5.41, 5.74) is 2.85. The summed E-state index contributed by atoms with van der Waals surface area (Å²) in [6.07, 6.45) is 0.250. The Bertz CT molecular complexity index is 628. The van der Waals surface area contributed by atoms with Crippen molar-refractivity contribution in [3.8, 4) is 5.75 Å². The molecule has 0 saturated heterocycles. The van der Waals surface area contributed by atoms with E-state index in [1.54, 1.807) is 6.07 Å². The molecule has 1 heterocycles. The number of aliphatic hydroxyl groups is 1. The number of hydrogen-bond acceptors (Lipinski definition) is 2. The maximum absolute atomic E-state index is 10.4. The average molecular weight is 340 g/mol. The lowest BCUT2D eigenvalue weighted by molar-refractivity contribution is 0.220. The number of fused-ring (bicyclic) bond motifs is 1. The molecule has 1 aliphatic rings. The second-order valence-electron chi connectivity index (χ2n) is 4.54. The van der Waals surface area contributed by atoms with E-state index in [2.05, 4.69) is 15.9 Å². The van der Waals surface area contributed by atoms with Gasteiger partial charge in [-0.1, -0.05) is 23.7 Å². The minimum absolute atomic E-state index is 0.637. The Balaban J connectivity index is 1.94. The molecule has 3 rings (SSSR count). The summed E-state index contributed by atoms with van der Waals surface area (Å²) >= 11 is 9.34. The normalized spacial score (nSPS) is 14.9. The zero-order chi connectivity index (χ0) is 13.4. The van der Waals surface area contributed by atoms with Gasteiger partial charge in [-0.05, 0) is 56.9 Å². The Morgan fingerprint density at radius 1 is 1.16 bits per heavy atom. The van der Waals surface area contributed by atoms with Crippen molar-refractivity contribution in [3.63, 3.8) is 0 Å². The van der Waals surface area contributed by atoms with Crippen LogP contribution < -0.4 is 4.74 Å². The van der Waals surface area contributed by atoms with Gasteiger partial charge in [-0.25, -0.2) is 0 Å². The van der Waals surface area contributed by atoms with Crippen molar-refractivity contribution in [2.75, 3.05) is 6.61 Å². The summed E-state index contributed by atoms with van der Waals surface area (Å²) in [5, 5.41) is 11.1. The van der Waals surface area contributed by atoms with Crippen LogP contribution in [-0.2, 0) is 6.42 Å². The Labute approximate surface area is 125 Å². The fourth-order valence-electron chi connectivity index (χ4n) is 2.25. The minimum atomic E-state index is -0.653. The Morgan fingerprint density at radius 2 is 1.89 bits per heavy atom. The van der Waals surface area contributed by atoms with Gasteiger partial charge in [-0.2, -0.15) is 0 Å². The number of benzene rings is 2. The Morgan fingerprint density at radius 3 is 2.68 bits per heavy atom. The third-order valence-electron chi connectivity index (χ3n) is 3.29. The van der Waals surface area contributed by atoms with E-state index in [-0.39, 0.29) is 0 Å². The van der Waals surface area contributed by atoms with Gasteiger partial charge < -0.3 is 9.84 Å². The zero-order valence-electron chi connectivity index (χ0n) is 10.1. The molecule has 0 spiro atoms. The highest BCUT2D eigenvalue weighted by Gasteiger charge is 2.17. The van der Waals surface area contributed by atoms with Gasteiger partial charge in [0.2, 0.25) is 0 Å². The van der Waals surface area contributed by atoms with E-state index in [1.165, 1.54) is 0 Å². The molecule has 2 aromatic carbocycles. The lowest BCUT2D eigenvalue weighted by Crippen LogP contribution is -2.00. The Kier molecular flexibility index (Phi) is 3.52. The molecule has 0 aliphatic carbocycles. The summed E-state index contributed by atoms with van der Waals surface area (Å²) < 4.78 is 6.25. The van der Waals surface area contributed by atoms with Crippen molar-refractivity contribution < 1.29 is 9.84 Å². The van der Waals surface area contributed by atoms with Gasteiger partial charge in [0, 0.05) is 10.9 Å². The molecule has 19 heavy (non-hydrogen) atoms. The van der Waals surface area contributed by atoms with Crippen LogP contribution in [0.1, 0.15) is 22.8 Å². The highest BCUT2D eigenvalue weighted by molar-refractivity contribution is 9.10. The molecule has 98 valence electrons. The molecule has 0 amide bonds. The van der Waals surface area contributed by atoms with Gasteiger partial charge in [0.1, 0.15) is 11.9 Å². The van der Waals surface area contributed by atoms with Crippen molar-refractivity contribution in [1.29, 1.82) is 0 Å². The van der Waals surface area contributed by atoms with Crippen LogP contribution in [0.25, 0.3) is 0 Å². The van der Waals surface area contributed by atoms with Crippen LogP contribution in [0.5, 0.6) is 5.75 Å². The number of aliphatic hydroxyl groups excluding tert-OH is 1. The standard InChI is InChI=1S/C15H12BrClO2/c16-12-8-11(1-3-13(12)17)15(18)10-2-4-14-9(7-10)5-6-19-14/h1-4,7-8,15,18H,5-6H2. The van der Waals surface area contributed by atoms with Crippen molar-refractivity contribution >= 4 is 27.5 Å². The van der Waals surface area contributed by atoms with E-state index in [9.17, 15) is 5.11 Å². The van der Waals surface area contributed by atoms with Crippen molar-refractivity contribution in [2.24, 2.45) is 0 Å². The predicted octanol–water partition coefficient (Wildman–Crippen LogP) is 4.12. The van der Waals surface area contributed by atoms with E-state index in [1.807, 2.05) is 30.3 Å². The third-order valence-corrected chi connectivity index (χ3v) is 4.50. The molecule has 1 atom stereocenters. The summed E-state index contributed by atoms with van der Waals surface area (Å²) in [6.45, 7) is 0.724. The summed E-state index contributed by atoms with van der Waals surface area (Å²) in [7, 11) is 0. The SMILES string of the molecule is OC(c1ccc(Cl)c(Br)c1)c1ccc2c(c1)CCO2. The molecular formula is C15H12BrClO2. The van der Waals surface area contributed by atoms with Crippen LogP contribution in [0.3, 0.4) is 0 Å². The van der Waals surface area contributed by atoms with Crippen LogP contribution in [0, 0.1) is 0 Å². The number of ether oxygens (including phenoxy) is 1. The minimum Gasteiger partial charge on any atom is -0.493 e. The quantitative estimate of drug-likeness (QED) is 0.892. The first-order valence-electron chi connectivity index (χ1n) is 6.04. The molecule has 0 fully saturated rings. The van der Waals surface area contributed by atoms with E-state index in [4.69, 9.17) is 16.3 Å². The molecule has 1 N–H and O–H groups in total. The molecule has 0 aromatic heterocycles. The molecule has 2 nitrogen and oxygen atoms in total. The van der Waals surface area contributed by atoms with Crippen LogP contribution in [0.4, 0.5) is 0 Å². The van der Waals surface area contributed by atoms with Gasteiger partial charge in [0.25, 0.3) is 0 Å². The fraction of sp³-hybridized carbons (Fsp3) is 0.200. The second kappa shape index (κ2) is 5.16. The van der Waals surface area contributed by atoms with Crippen LogP contribution >= 0.6 is 27.5 Å². The number of halogens is 2. The first-order valence-corrected chi connectivity index (χ1v) is 7.21. The molecular weight excluding hydrogens is 328 g/mol. The van der Waals surface area contributed by atoms with Gasteiger partial charge in [0.05, 0.1) is 11.6 Å². The van der Waals surface area contributed by atoms with Gasteiger partial charge in [0.15, 0.2) is 0 Å². The monoisotopic (exact) mass is 338 g/mol. The van der Waals surface area contributed by atoms with Gasteiger partial charge in [-0.3, -0.25) is 0 Å². The summed E-state index contributed by atoms with van der Waals surface area (Å²) in [6, 6.07) is 11.3. The number of rotatable bonds is 2. The Hall–Kier alpha value is -1.03. The summed E-state index contributed by atoms with van der Waals surface area (Å²) in [4.78, 5) is 0. The van der Waals surface area contributed by atoms with Gasteiger partial charge in [-0.15, -0.1) is 0 Å². The maximum atomic E-state index is 10.4. The summed E-state index contributed by atoms with van der Waals surface area (Å²) in [5.74, 6) is 0.924. The smallest absolute Gasteiger partial charge is 0.122 e. The van der Waals surface area contributed by atoms with Crippen LogP contribution in [0.2, 0.25) is 5.02 Å². The fourth-order valence-corrected chi connectivity index (χ4v) is 2.77. The number of hydrogen-bond donors (Lipinski definition) is 1. The van der Waals surface area contributed by atoms with Crippen molar-refractivity contribution in [3.05, 3.63) is 62.6 Å². The third kappa shape index (κ3) is 2.50. The maximum Gasteiger partial charge on any atom is 0.122 e. The topological polar surface area (TPSA) is 29.5 Å². The molecule has 1 unspecified atom stereocenters. The largest absolute Gasteiger partial charge is 0.493 e. The van der Waals surface area contributed by atoms with Crippen molar-refractivity contribution in [1.82, 2.24) is 0 Å². The molecule has 0 saturated carbocycles. The lowest BCUT2D eigenvalue weighted by atomic mass is 9.99. The molecule has 2 aromatic rings. The molecule has 1 aliphatic heterocycles. The highest BCUT2D eigenvalue weighted by Crippen LogP contribution is 2.32. The molecule has 4 heteroatoms. The second-order valence-corrected chi connectivity index (χ2v) is 5.80. The first-order chi connectivity index (χ1) is 9.15. The van der Waals surface area contributed by atoms with E-state index in [0.29, 0.717) is 5.02 Å². The average Bonchev–Trinajstić information content (AvgIpc) is 2.88. The highest BCUT2D eigenvalue weighted by atomic mass is 79.9. The van der Waals surface area contributed by atoms with E-state index >= 15 is 0 Å². The zero-order valence-corrected chi connectivity index (χ0v) is 12.4. The van der Waals surface area contributed by atoms with Crippen molar-refractivity contribution in [2.45, 2.75) is 12.5 Å². The first kappa shape index (κ1) is 13.0.